The molecule has 0 atom stereocenters. The van der Waals surface area contributed by atoms with Crippen LogP contribution in [0.25, 0.3) is 0 Å². The minimum Gasteiger partial charge on any atom is -0.383 e. The molecule has 0 saturated heterocycles. The highest BCUT2D eigenvalue weighted by atomic mass is 32.2. The maximum absolute atomic E-state index is 12.1. The lowest BCUT2D eigenvalue weighted by Crippen LogP contribution is -2.28. The fourth-order valence-corrected chi connectivity index (χ4v) is 2.95. The Kier molecular flexibility index (Phi) is 10.3. The highest BCUT2D eigenvalue weighted by molar-refractivity contribution is 7.89. The van der Waals surface area contributed by atoms with E-state index in [4.69, 9.17) is 14.2 Å². The highest BCUT2D eigenvalue weighted by Crippen LogP contribution is 2.11. The molecule has 0 heterocycles. The fourth-order valence-electron chi connectivity index (χ4n) is 1.89. The molecule has 1 aromatic carbocycles. The first-order valence-electron chi connectivity index (χ1n) is 7.95. The normalized spacial score (nSPS) is 11.4. The van der Waals surface area contributed by atoms with Gasteiger partial charge in [-0.25, -0.2) is 13.1 Å². The second-order valence-corrected chi connectivity index (χ2v) is 6.90. The van der Waals surface area contributed by atoms with Gasteiger partial charge in [-0.05, 0) is 24.6 Å². The molecular weight excluding hydrogens is 348 g/mol. The van der Waals surface area contributed by atoms with Crippen molar-refractivity contribution in [3.63, 3.8) is 0 Å². The van der Waals surface area contributed by atoms with Crippen LogP contribution in [0.2, 0.25) is 0 Å². The predicted molar refractivity (Wildman–Crippen MR) is 93.2 cm³/mol. The molecule has 0 saturated carbocycles. The van der Waals surface area contributed by atoms with Crippen LogP contribution in [0.5, 0.6) is 0 Å². The zero-order valence-corrected chi connectivity index (χ0v) is 15.4. The Balaban J connectivity index is 2.49. The van der Waals surface area contributed by atoms with Gasteiger partial charge in [-0.1, -0.05) is 6.07 Å². The second-order valence-electron chi connectivity index (χ2n) is 5.13. The highest BCUT2D eigenvalue weighted by Gasteiger charge is 2.15. The van der Waals surface area contributed by atoms with Crippen molar-refractivity contribution in [2.24, 2.45) is 0 Å². The summed E-state index contributed by atoms with van der Waals surface area (Å²) in [4.78, 5) is 12.2. The van der Waals surface area contributed by atoms with Gasteiger partial charge in [0.15, 0.2) is 0 Å². The third-order valence-electron chi connectivity index (χ3n) is 3.19. The molecular formula is C16H26N2O6S. The average Bonchev–Trinajstić information content (AvgIpc) is 2.61. The topological polar surface area (TPSA) is 103 Å². The van der Waals surface area contributed by atoms with Crippen LogP contribution in [-0.4, -0.2) is 68.1 Å². The third-order valence-corrected chi connectivity index (χ3v) is 4.65. The Morgan fingerprint density at radius 3 is 2.52 bits per heavy atom. The summed E-state index contributed by atoms with van der Waals surface area (Å²) >= 11 is 0. The molecule has 0 bridgehead atoms. The van der Waals surface area contributed by atoms with Crippen LogP contribution in [0, 0.1) is 0 Å². The van der Waals surface area contributed by atoms with E-state index in [-0.39, 0.29) is 29.5 Å². The van der Waals surface area contributed by atoms with E-state index in [1.54, 1.807) is 13.2 Å². The number of nitrogens with one attached hydrogen (secondary N) is 2. The summed E-state index contributed by atoms with van der Waals surface area (Å²) in [6.07, 6.45) is 0.659. The van der Waals surface area contributed by atoms with E-state index in [1.165, 1.54) is 25.3 Å². The zero-order valence-electron chi connectivity index (χ0n) is 14.6. The molecule has 0 fully saturated rings. The molecule has 1 rings (SSSR count). The van der Waals surface area contributed by atoms with Crippen molar-refractivity contribution in [1.29, 1.82) is 0 Å². The summed E-state index contributed by atoms with van der Waals surface area (Å²) in [5.41, 5.74) is 0.287. The first-order chi connectivity index (χ1) is 12.0. The van der Waals surface area contributed by atoms with Crippen molar-refractivity contribution in [1.82, 2.24) is 10.0 Å². The minimum absolute atomic E-state index is 0.0409. The lowest BCUT2D eigenvalue weighted by atomic mass is 10.2. The first kappa shape index (κ1) is 21.5. The van der Waals surface area contributed by atoms with Crippen LogP contribution >= 0.6 is 0 Å². The van der Waals surface area contributed by atoms with E-state index in [0.717, 1.165) is 0 Å². The summed E-state index contributed by atoms with van der Waals surface area (Å²) < 4.78 is 41.7. The van der Waals surface area contributed by atoms with E-state index in [9.17, 15) is 13.2 Å². The number of rotatable bonds is 13. The van der Waals surface area contributed by atoms with Gasteiger partial charge in [0, 0.05) is 39.5 Å². The SMILES string of the molecule is COCCNS(=O)(=O)c1cccc(C(=O)NCCCOCCOC)c1. The largest absolute Gasteiger partial charge is 0.383 e. The second kappa shape index (κ2) is 11.9. The first-order valence-corrected chi connectivity index (χ1v) is 9.43. The molecule has 9 heteroatoms. The number of carbonyl (C=O) groups is 1. The van der Waals surface area contributed by atoms with Crippen molar-refractivity contribution in [3.05, 3.63) is 29.8 Å². The van der Waals surface area contributed by atoms with Gasteiger partial charge in [-0.15, -0.1) is 0 Å². The summed E-state index contributed by atoms with van der Waals surface area (Å²) in [5.74, 6) is -0.328. The molecule has 2 N–H and O–H groups in total. The van der Waals surface area contributed by atoms with Crippen LogP contribution in [0.1, 0.15) is 16.8 Å². The van der Waals surface area contributed by atoms with Crippen molar-refractivity contribution in [2.45, 2.75) is 11.3 Å². The molecule has 0 radical (unpaired) electrons. The molecule has 142 valence electrons. The van der Waals surface area contributed by atoms with Gasteiger partial charge in [0.2, 0.25) is 10.0 Å². The van der Waals surface area contributed by atoms with Crippen LogP contribution in [0.3, 0.4) is 0 Å². The number of benzene rings is 1. The fraction of sp³-hybridized carbons (Fsp3) is 0.562. The number of hydrogen-bond donors (Lipinski definition) is 2. The number of hydrogen-bond acceptors (Lipinski definition) is 6. The number of amides is 1. The lowest BCUT2D eigenvalue weighted by molar-refractivity contribution is 0.0688. The standard InChI is InChI=1S/C16H26N2O6S/c1-22-10-8-18-25(20,21)15-6-3-5-14(13-15)16(19)17-7-4-9-24-12-11-23-2/h3,5-6,13,18H,4,7-12H2,1-2H3,(H,17,19). The Morgan fingerprint density at radius 1 is 1.04 bits per heavy atom. The molecule has 0 aliphatic rings. The molecule has 1 amide bonds. The van der Waals surface area contributed by atoms with E-state index >= 15 is 0 Å². The predicted octanol–water partition coefficient (Wildman–Crippen LogP) is 0.394. The summed E-state index contributed by atoms with van der Waals surface area (Å²) in [7, 11) is -0.578. The van der Waals surface area contributed by atoms with Crippen LogP contribution < -0.4 is 10.0 Å². The lowest BCUT2D eigenvalue weighted by Gasteiger charge is -2.09. The Bertz CT molecular complexity index is 621. The van der Waals surface area contributed by atoms with Gasteiger partial charge in [0.25, 0.3) is 5.91 Å². The summed E-state index contributed by atoms with van der Waals surface area (Å²) in [6, 6.07) is 5.89. The van der Waals surface area contributed by atoms with Gasteiger partial charge >= 0.3 is 0 Å². The molecule has 0 unspecified atom stereocenters. The van der Waals surface area contributed by atoms with E-state index < -0.39 is 10.0 Å². The molecule has 8 nitrogen and oxygen atoms in total. The molecule has 1 aromatic rings. The molecule has 0 aliphatic carbocycles. The molecule has 0 spiro atoms. The van der Waals surface area contributed by atoms with Crippen LogP contribution in [0.15, 0.2) is 29.2 Å². The van der Waals surface area contributed by atoms with Gasteiger partial charge < -0.3 is 19.5 Å². The molecule has 25 heavy (non-hydrogen) atoms. The average molecular weight is 374 g/mol. The zero-order chi connectivity index (χ0) is 18.5. The molecule has 0 aromatic heterocycles. The number of sulfonamides is 1. The van der Waals surface area contributed by atoms with Crippen LogP contribution in [0.4, 0.5) is 0 Å². The quantitative estimate of drug-likeness (QED) is 0.484. The Labute approximate surface area is 148 Å². The van der Waals surface area contributed by atoms with Crippen molar-refractivity contribution < 1.29 is 27.4 Å². The van der Waals surface area contributed by atoms with E-state index in [1.807, 2.05) is 0 Å². The number of carbonyl (C=O) groups excluding carboxylic acids is 1. The molecule has 0 aliphatic heterocycles. The monoisotopic (exact) mass is 374 g/mol. The summed E-state index contributed by atoms with van der Waals surface area (Å²) in [5, 5.41) is 2.74. The Morgan fingerprint density at radius 2 is 1.80 bits per heavy atom. The number of methoxy groups -OCH3 is 2. The maximum Gasteiger partial charge on any atom is 0.251 e. The van der Waals surface area contributed by atoms with Gasteiger partial charge in [-0.2, -0.15) is 0 Å². The summed E-state index contributed by atoms with van der Waals surface area (Å²) in [6.45, 7) is 2.44. The maximum atomic E-state index is 12.1. The van der Waals surface area contributed by atoms with Crippen LogP contribution in [-0.2, 0) is 24.2 Å². The smallest absolute Gasteiger partial charge is 0.251 e. The minimum atomic E-state index is -3.67. The third kappa shape index (κ3) is 8.41. The van der Waals surface area contributed by atoms with E-state index in [2.05, 4.69) is 10.0 Å². The van der Waals surface area contributed by atoms with Gasteiger partial charge in [-0.3, -0.25) is 4.79 Å². The van der Waals surface area contributed by atoms with Crippen molar-refractivity contribution >= 4 is 15.9 Å². The van der Waals surface area contributed by atoms with Crippen molar-refractivity contribution in [3.8, 4) is 0 Å². The van der Waals surface area contributed by atoms with Gasteiger partial charge in [0.05, 0.1) is 24.7 Å². The van der Waals surface area contributed by atoms with Crippen molar-refractivity contribution in [2.75, 3.05) is 53.7 Å². The van der Waals surface area contributed by atoms with Gasteiger partial charge in [0.1, 0.15) is 0 Å². The Hall–Kier alpha value is -1.52. The number of ether oxygens (including phenoxy) is 3. The van der Waals surface area contributed by atoms with E-state index in [0.29, 0.717) is 32.8 Å².